The van der Waals surface area contributed by atoms with Gasteiger partial charge in [0.1, 0.15) is 11.4 Å². The number of nitrogens with one attached hydrogen (secondary N) is 1. The molecule has 1 aromatic heterocycles. The van der Waals surface area contributed by atoms with Gasteiger partial charge in [0.05, 0.1) is 18.8 Å². The van der Waals surface area contributed by atoms with Gasteiger partial charge >= 0.3 is 5.97 Å². The number of esters is 1. The molecule has 0 aromatic carbocycles. The summed E-state index contributed by atoms with van der Waals surface area (Å²) in [4.78, 5) is 16.1. The predicted molar refractivity (Wildman–Crippen MR) is 72.3 cm³/mol. The van der Waals surface area contributed by atoms with E-state index >= 15 is 0 Å². The normalized spacial score (nSPS) is 20.0. The zero-order chi connectivity index (χ0) is 13.7. The summed E-state index contributed by atoms with van der Waals surface area (Å²) in [6, 6.07) is 3.56. The highest BCUT2D eigenvalue weighted by molar-refractivity contribution is 5.94. The Morgan fingerprint density at radius 1 is 1.68 bits per heavy atom. The molecule has 1 aliphatic heterocycles. The maximum Gasteiger partial charge on any atom is 0.341 e. The molecule has 0 amide bonds. The smallest absolute Gasteiger partial charge is 0.341 e. The van der Waals surface area contributed by atoms with Gasteiger partial charge in [-0.2, -0.15) is 0 Å². The van der Waals surface area contributed by atoms with E-state index in [4.69, 9.17) is 9.47 Å². The molecule has 0 aliphatic carbocycles. The van der Waals surface area contributed by atoms with Crippen molar-refractivity contribution in [2.24, 2.45) is 0 Å². The van der Waals surface area contributed by atoms with Crippen LogP contribution in [-0.4, -0.2) is 36.3 Å². The van der Waals surface area contributed by atoms with Crippen LogP contribution in [0.2, 0.25) is 0 Å². The van der Waals surface area contributed by atoms with Crippen LogP contribution in [0.1, 0.15) is 37.0 Å². The molecule has 2 atom stereocenters. The van der Waals surface area contributed by atoms with Crippen LogP contribution in [0.15, 0.2) is 18.3 Å². The van der Waals surface area contributed by atoms with Gasteiger partial charge in [-0.3, -0.25) is 0 Å². The number of aromatic nitrogens is 1. The van der Waals surface area contributed by atoms with Crippen LogP contribution >= 0.6 is 0 Å². The maximum atomic E-state index is 11.8. The first-order chi connectivity index (χ1) is 9.22. The van der Waals surface area contributed by atoms with Crippen LogP contribution in [0, 0.1) is 0 Å². The summed E-state index contributed by atoms with van der Waals surface area (Å²) < 4.78 is 10.7. The van der Waals surface area contributed by atoms with E-state index in [1.54, 1.807) is 25.3 Å². The Bertz CT molecular complexity index is 430. The number of carbonyl (C=O) groups excluding carboxylic acids is 1. The fourth-order valence-corrected chi connectivity index (χ4v) is 2.20. The summed E-state index contributed by atoms with van der Waals surface area (Å²) in [7, 11) is 0. The molecule has 19 heavy (non-hydrogen) atoms. The first-order valence-corrected chi connectivity index (χ1v) is 6.72. The lowest BCUT2D eigenvalue weighted by Gasteiger charge is -2.21. The summed E-state index contributed by atoms with van der Waals surface area (Å²) in [5, 5.41) is 3.25. The average molecular weight is 264 g/mol. The molecule has 5 heteroatoms. The number of ether oxygens (including phenoxy) is 2. The number of rotatable bonds is 5. The molecule has 0 bridgehead atoms. The molecule has 2 heterocycles. The van der Waals surface area contributed by atoms with Crippen molar-refractivity contribution < 1.29 is 14.3 Å². The number of hydrogen-bond donors (Lipinski definition) is 1. The lowest BCUT2D eigenvalue weighted by atomic mass is 10.1. The maximum absolute atomic E-state index is 11.8. The van der Waals surface area contributed by atoms with E-state index in [0.29, 0.717) is 18.0 Å². The van der Waals surface area contributed by atoms with E-state index in [1.807, 2.05) is 6.92 Å². The summed E-state index contributed by atoms with van der Waals surface area (Å²) in [6.07, 6.45) is 3.96. The molecule has 5 nitrogen and oxygen atoms in total. The van der Waals surface area contributed by atoms with Crippen molar-refractivity contribution in [2.45, 2.75) is 38.8 Å². The molecule has 2 unspecified atom stereocenters. The molecular weight excluding hydrogens is 244 g/mol. The van der Waals surface area contributed by atoms with Crippen LogP contribution in [0.5, 0.6) is 0 Å². The minimum Gasteiger partial charge on any atom is -0.462 e. The molecule has 1 fully saturated rings. The van der Waals surface area contributed by atoms with Gasteiger partial charge in [0.2, 0.25) is 0 Å². The first kappa shape index (κ1) is 13.8. The Morgan fingerprint density at radius 2 is 2.53 bits per heavy atom. The second-order valence-corrected chi connectivity index (χ2v) is 4.60. The van der Waals surface area contributed by atoms with Gasteiger partial charge in [-0.25, -0.2) is 9.78 Å². The Hall–Kier alpha value is -1.62. The van der Waals surface area contributed by atoms with E-state index in [1.165, 1.54) is 0 Å². The van der Waals surface area contributed by atoms with Crippen molar-refractivity contribution in [3.63, 3.8) is 0 Å². The Kier molecular flexibility index (Phi) is 4.74. The van der Waals surface area contributed by atoms with Crippen LogP contribution < -0.4 is 5.32 Å². The molecule has 2 rings (SSSR count). The number of carbonyl (C=O) groups is 1. The fourth-order valence-electron chi connectivity index (χ4n) is 2.20. The van der Waals surface area contributed by atoms with E-state index in [9.17, 15) is 4.79 Å². The largest absolute Gasteiger partial charge is 0.462 e. The second kappa shape index (κ2) is 6.52. The second-order valence-electron chi connectivity index (χ2n) is 4.60. The topological polar surface area (TPSA) is 60.5 Å². The number of hydrogen-bond acceptors (Lipinski definition) is 5. The molecule has 1 aromatic rings. The summed E-state index contributed by atoms with van der Waals surface area (Å²) in [5.41, 5.74) is 0.467. The van der Waals surface area contributed by atoms with Crippen LogP contribution in [0.4, 0.5) is 5.82 Å². The lowest BCUT2D eigenvalue weighted by Crippen LogP contribution is -2.31. The van der Waals surface area contributed by atoms with E-state index in [2.05, 4.69) is 10.3 Å². The van der Waals surface area contributed by atoms with Gasteiger partial charge in [-0.1, -0.05) is 0 Å². The van der Waals surface area contributed by atoms with Crippen molar-refractivity contribution >= 4 is 11.8 Å². The third-order valence-corrected chi connectivity index (χ3v) is 3.19. The summed E-state index contributed by atoms with van der Waals surface area (Å²) >= 11 is 0. The molecular formula is C14H20N2O3. The van der Waals surface area contributed by atoms with Gasteiger partial charge in [0.25, 0.3) is 0 Å². The zero-order valence-corrected chi connectivity index (χ0v) is 11.4. The van der Waals surface area contributed by atoms with E-state index < -0.39 is 0 Å². The summed E-state index contributed by atoms with van der Waals surface area (Å²) in [5.74, 6) is 0.210. The highest BCUT2D eigenvalue weighted by atomic mass is 16.5. The summed E-state index contributed by atoms with van der Waals surface area (Å²) in [6.45, 7) is 4.99. The third-order valence-electron chi connectivity index (χ3n) is 3.19. The molecule has 0 spiro atoms. The van der Waals surface area contributed by atoms with Crippen LogP contribution in [0.3, 0.4) is 0 Å². The van der Waals surface area contributed by atoms with Gasteiger partial charge < -0.3 is 14.8 Å². The predicted octanol–water partition coefficient (Wildman–Crippen LogP) is 2.24. The molecule has 0 saturated carbocycles. The van der Waals surface area contributed by atoms with Gasteiger partial charge in [0.15, 0.2) is 0 Å². The van der Waals surface area contributed by atoms with Crippen LogP contribution in [0.25, 0.3) is 0 Å². The molecule has 0 radical (unpaired) electrons. The third kappa shape index (κ3) is 3.44. The standard InChI is InChI=1S/C14H20N2O3/c1-3-18-14(17)11-6-4-8-15-13(11)16-10(2)12-7-5-9-19-12/h4,6,8,10,12H,3,5,7,9H2,1-2H3,(H,15,16). The quantitative estimate of drug-likeness (QED) is 0.826. The van der Waals surface area contributed by atoms with Crippen LogP contribution in [-0.2, 0) is 9.47 Å². The Balaban J connectivity index is 2.08. The Labute approximate surface area is 113 Å². The first-order valence-electron chi connectivity index (χ1n) is 6.72. The monoisotopic (exact) mass is 264 g/mol. The van der Waals surface area contributed by atoms with Gasteiger partial charge in [0, 0.05) is 12.8 Å². The van der Waals surface area contributed by atoms with Gasteiger partial charge in [-0.15, -0.1) is 0 Å². The molecule has 1 aliphatic rings. The number of anilines is 1. The Morgan fingerprint density at radius 3 is 3.21 bits per heavy atom. The minimum absolute atomic E-state index is 0.116. The van der Waals surface area contributed by atoms with Crippen molar-refractivity contribution in [3.05, 3.63) is 23.9 Å². The zero-order valence-electron chi connectivity index (χ0n) is 11.4. The highest BCUT2D eigenvalue weighted by Gasteiger charge is 2.24. The van der Waals surface area contributed by atoms with Crippen molar-refractivity contribution in [1.29, 1.82) is 0 Å². The van der Waals surface area contributed by atoms with E-state index in [-0.39, 0.29) is 18.1 Å². The number of nitrogens with zero attached hydrogens (tertiary/aromatic N) is 1. The van der Waals surface area contributed by atoms with Gasteiger partial charge in [-0.05, 0) is 38.8 Å². The highest BCUT2D eigenvalue weighted by Crippen LogP contribution is 2.20. The molecule has 1 saturated heterocycles. The lowest BCUT2D eigenvalue weighted by molar-refractivity contribution is 0.0526. The molecule has 1 N–H and O–H groups in total. The minimum atomic E-state index is -0.349. The van der Waals surface area contributed by atoms with Crippen molar-refractivity contribution in [2.75, 3.05) is 18.5 Å². The van der Waals surface area contributed by atoms with E-state index in [0.717, 1.165) is 19.4 Å². The number of pyridine rings is 1. The SMILES string of the molecule is CCOC(=O)c1cccnc1NC(C)C1CCCO1. The molecule has 104 valence electrons. The van der Waals surface area contributed by atoms with Crippen molar-refractivity contribution in [1.82, 2.24) is 4.98 Å². The fraction of sp³-hybridized carbons (Fsp3) is 0.571. The average Bonchev–Trinajstić information content (AvgIpc) is 2.93. The van der Waals surface area contributed by atoms with Crippen molar-refractivity contribution in [3.8, 4) is 0 Å².